The summed E-state index contributed by atoms with van der Waals surface area (Å²) in [7, 11) is -4.03. The zero-order chi connectivity index (χ0) is 23.1. The Hall–Kier alpha value is -2.24. The van der Waals surface area contributed by atoms with Crippen LogP contribution in [0.1, 0.15) is 37.4 Å². The average Bonchev–Trinajstić information content (AvgIpc) is 3.15. The van der Waals surface area contributed by atoms with Crippen molar-refractivity contribution in [3.63, 3.8) is 0 Å². The van der Waals surface area contributed by atoms with E-state index >= 15 is 0 Å². The Morgan fingerprint density at radius 3 is 2.56 bits per heavy atom. The van der Waals surface area contributed by atoms with Gasteiger partial charge < -0.3 is 4.74 Å². The fourth-order valence-corrected chi connectivity index (χ4v) is 5.62. The molecule has 0 bridgehead atoms. The molecule has 1 aromatic carbocycles. The number of ether oxygens (including phenoxy) is 1. The fraction of sp³-hybridized carbons (Fsp3) is 0.524. The SMILES string of the molecule is CC(C)c1cnc(O[C@@H]2C[C@H]3CN(S(=O)(=O)c4cccc(C(F)(F)F)c4)CCN3C2)cn1. The highest BCUT2D eigenvalue weighted by Gasteiger charge is 2.41. The van der Waals surface area contributed by atoms with Gasteiger partial charge in [0.25, 0.3) is 0 Å². The molecule has 2 aliphatic heterocycles. The fourth-order valence-electron chi connectivity index (χ4n) is 4.11. The lowest BCUT2D eigenvalue weighted by Gasteiger charge is -2.36. The molecule has 7 nitrogen and oxygen atoms in total. The van der Waals surface area contributed by atoms with Gasteiger partial charge in [0.05, 0.1) is 28.5 Å². The van der Waals surface area contributed by atoms with Gasteiger partial charge in [-0.1, -0.05) is 19.9 Å². The largest absolute Gasteiger partial charge is 0.472 e. The van der Waals surface area contributed by atoms with Gasteiger partial charge in [-0.15, -0.1) is 0 Å². The third-order valence-corrected chi connectivity index (χ3v) is 7.73. The number of fused-ring (bicyclic) bond motifs is 1. The van der Waals surface area contributed by atoms with Crippen LogP contribution in [0.25, 0.3) is 0 Å². The standard InChI is InChI=1S/C21H25F3N4O3S/c1-14(2)19-10-26-20(11-25-19)31-17-9-16-12-28(7-6-27(16)13-17)32(29,30)18-5-3-4-15(8-18)21(22,23)24/h3-5,8,10-11,14,16-17H,6-7,9,12-13H2,1-2H3/t16-,17+/m0/s1. The number of hydrogen-bond donors (Lipinski definition) is 0. The number of rotatable bonds is 5. The zero-order valence-corrected chi connectivity index (χ0v) is 18.6. The maximum Gasteiger partial charge on any atom is 0.416 e. The van der Waals surface area contributed by atoms with E-state index in [1.54, 1.807) is 12.4 Å². The summed E-state index contributed by atoms with van der Waals surface area (Å²) in [4.78, 5) is 10.5. The van der Waals surface area contributed by atoms with Crippen LogP contribution in [0.5, 0.6) is 5.88 Å². The van der Waals surface area contributed by atoms with E-state index in [4.69, 9.17) is 4.74 Å². The molecule has 2 saturated heterocycles. The van der Waals surface area contributed by atoms with Gasteiger partial charge in [-0.05, 0) is 24.1 Å². The Balaban J connectivity index is 1.42. The van der Waals surface area contributed by atoms with E-state index in [0.29, 0.717) is 31.5 Å². The van der Waals surface area contributed by atoms with E-state index in [9.17, 15) is 21.6 Å². The molecule has 0 N–H and O–H groups in total. The number of aromatic nitrogens is 2. The molecule has 2 fully saturated rings. The molecule has 3 heterocycles. The van der Waals surface area contributed by atoms with E-state index in [2.05, 4.69) is 14.9 Å². The summed E-state index contributed by atoms with van der Waals surface area (Å²) in [6.07, 6.45) is -0.878. The van der Waals surface area contributed by atoms with E-state index in [0.717, 1.165) is 17.8 Å². The van der Waals surface area contributed by atoms with Gasteiger partial charge >= 0.3 is 6.18 Å². The predicted octanol–water partition coefficient (Wildman–Crippen LogP) is 3.15. The van der Waals surface area contributed by atoms with Crippen LogP contribution in [0.2, 0.25) is 0 Å². The molecule has 2 aliphatic rings. The lowest BCUT2D eigenvalue weighted by Crippen LogP contribution is -2.51. The van der Waals surface area contributed by atoms with Gasteiger partial charge in [-0.3, -0.25) is 9.88 Å². The molecule has 32 heavy (non-hydrogen) atoms. The van der Waals surface area contributed by atoms with E-state index in [1.807, 2.05) is 13.8 Å². The molecule has 2 atom stereocenters. The number of nitrogens with zero attached hydrogens (tertiary/aromatic N) is 4. The number of benzene rings is 1. The number of piperazine rings is 1. The van der Waals surface area contributed by atoms with E-state index in [-0.39, 0.29) is 36.0 Å². The maximum absolute atomic E-state index is 13.0. The summed E-state index contributed by atoms with van der Waals surface area (Å²) in [5, 5.41) is 0. The van der Waals surface area contributed by atoms with Crippen LogP contribution in [0.15, 0.2) is 41.6 Å². The van der Waals surface area contributed by atoms with Crippen molar-refractivity contribution in [1.29, 1.82) is 0 Å². The Bertz CT molecular complexity index is 1060. The Morgan fingerprint density at radius 1 is 1.12 bits per heavy atom. The van der Waals surface area contributed by atoms with Gasteiger partial charge in [0.1, 0.15) is 6.10 Å². The first-order valence-corrected chi connectivity index (χ1v) is 11.9. The molecule has 0 radical (unpaired) electrons. The summed E-state index contributed by atoms with van der Waals surface area (Å²) in [5.74, 6) is 0.689. The first-order valence-electron chi connectivity index (χ1n) is 10.4. The van der Waals surface area contributed by atoms with Crippen molar-refractivity contribution in [2.24, 2.45) is 0 Å². The van der Waals surface area contributed by atoms with Crippen molar-refractivity contribution in [2.45, 2.75) is 49.4 Å². The van der Waals surface area contributed by atoms with E-state index in [1.165, 1.54) is 10.4 Å². The lowest BCUT2D eigenvalue weighted by molar-refractivity contribution is -0.137. The van der Waals surface area contributed by atoms with Gasteiger partial charge in [0.2, 0.25) is 15.9 Å². The second kappa shape index (κ2) is 8.60. The van der Waals surface area contributed by atoms with Crippen LogP contribution in [0, 0.1) is 0 Å². The third kappa shape index (κ3) is 4.74. The Labute approximate surface area is 185 Å². The van der Waals surface area contributed by atoms with Gasteiger partial charge in [0, 0.05) is 38.6 Å². The quantitative estimate of drug-likeness (QED) is 0.669. The van der Waals surface area contributed by atoms with Crippen LogP contribution < -0.4 is 4.74 Å². The molecule has 4 rings (SSSR count). The predicted molar refractivity (Wildman–Crippen MR) is 111 cm³/mol. The summed E-state index contributed by atoms with van der Waals surface area (Å²) < 4.78 is 72.3. The average molecular weight is 471 g/mol. The molecule has 0 aliphatic carbocycles. The summed E-state index contributed by atoms with van der Waals surface area (Å²) in [6.45, 7) is 5.59. The maximum atomic E-state index is 13.0. The topological polar surface area (TPSA) is 75.6 Å². The Morgan fingerprint density at radius 2 is 1.91 bits per heavy atom. The van der Waals surface area contributed by atoms with Crippen molar-refractivity contribution >= 4 is 10.0 Å². The van der Waals surface area contributed by atoms with Crippen LogP contribution in [0.4, 0.5) is 13.2 Å². The van der Waals surface area contributed by atoms with Crippen molar-refractivity contribution in [3.8, 4) is 5.88 Å². The first kappa shape index (κ1) is 22.9. The Kier molecular flexibility index (Phi) is 6.17. The highest BCUT2D eigenvalue weighted by atomic mass is 32.2. The van der Waals surface area contributed by atoms with Crippen molar-refractivity contribution in [2.75, 3.05) is 26.2 Å². The minimum Gasteiger partial charge on any atom is -0.472 e. The molecule has 0 spiro atoms. The minimum atomic E-state index is -4.60. The monoisotopic (exact) mass is 470 g/mol. The van der Waals surface area contributed by atoms with Gasteiger partial charge in [-0.2, -0.15) is 17.5 Å². The number of hydrogen-bond acceptors (Lipinski definition) is 6. The smallest absolute Gasteiger partial charge is 0.416 e. The third-order valence-electron chi connectivity index (χ3n) is 5.87. The molecule has 174 valence electrons. The van der Waals surface area contributed by atoms with Crippen molar-refractivity contribution in [1.82, 2.24) is 19.2 Å². The number of alkyl halides is 3. The lowest BCUT2D eigenvalue weighted by atomic mass is 10.1. The molecular weight excluding hydrogens is 445 g/mol. The van der Waals surface area contributed by atoms with Crippen molar-refractivity contribution in [3.05, 3.63) is 47.9 Å². The first-order chi connectivity index (χ1) is 15.0. The van der Waals surface area contributed by atoms with Gasteiger partial charge in [-0.25, -0.2) is 13.4 Å². The second-order valence-electron chi connectivity index (χ2n) is 8.45. The molecule has 11 heteroatoms. The molecule has 0 unspecified atom stereocenters. The van der Waals surface area contributed by atoms with Crippen LogP contribution >= 0.6 is 0 Å². The van der Waals surface area contributed by atoms with Crippen LogP contribution in [0.3, 0.4) is 0 Å². The summed E-state index contributed by atoms with van der Waals surface area (Å²) >= 11 is 0. The molecule has 0 amide bonds. The second-order valence-corrected chi connectivity index (χ2v) is 10.4. The zero-order valence-electron chi connectivity index (χ0n) is 17.8. The molecule has 0 saturated carbocycles. The minimum absolute atomic E-state index is 0.0720. The molecule has 2 aromatic rings. The van der Waals surface area contributed by atoms with E-state index < -0.39 is 21.8 Å². The normalized spacial score (nSPS) is 22.8. The number of halogens is 3. The number of sulfonamides is 1. The highest BCUT2D eigenvalue weighted by Crippen LogP contribution is 2.32. The van der Waals surface area contributed by atoms with Crippen LogP contribution in [-0.4, -0.2) is 65.9 Å². The summed E-state index contributed by atoms with van der Waals surface area (Å²) in [6, 6.07) is 3.82. The molecular formula is C21H25F3N4O3S. The van der Waals surface area contributed by atoms with Gasteiger partial charge in [0.15, 0.2) is 0 Å². The summed E-state index contributed by atoms with van der Waals surface area (Å²) in [5.41, 5.74) is -0.104. The van der Waals surface area contributed by atoms with Crippen molar-refractivity contribution < 1.29 is 26.3 Å². The highest BCUT2D eigenvalue weighted by molar-refractivity contribution is 7.89. The van der Waals surface area contributed by atoms with Crippen LogP contribution in [-0.2, 0) is 16.2 Å². The molecule has 1 aromatic heterocycles.